The molecule has 0 spiro atoms. The lowest BCUT2D eigenvalue weighted by atomic mass is 10.2. The van der Waals surface area contributed by atoms with Crippen LogP contribution in [0.1, 0.15) is 30.2 Å². The van der Waals surface area contributed by atoms with Crippen LogP contribution in [0.2, 0.25) is 0 Å². The lowest BCUT2D eigenvalue weighted by molar-refractivity contribution is -0.141. The minimum absolute atomic E-state index is 0.0206. The smallest absolute Gasteiger partial charge is 0.370 e. The van der Waals surface area contributed by atoms with Gasteiger partial charge in [0.1, 0.15) is 17.2 Å². The third-order valence-electron chi connectivity index (χ3n) is 4.03. The number of carbonyl (C=O) groups is 1. The second kappa shape index (κ2) is 10.6. The Morgan fingerprint density at radius 3 is 2.33 bits per heavy atom. The minimum atomic E-state index is -4.63. The van der Waals surface area contributed by atoms with E-state index in [0.717, 1.165) is 36.6 Å². The molecule has 0 saturated carbocycles. The third kappa shape index (κ3) is 8.00. The van der Waals surface area contributed by atoms with Crippen molar-refractivity contribution in [1.82, 2.24) is 10.3 Å². The van der Waals surface area contributed by atoms with Crippen molar-refractivity contribution in [2.75, 3.05) is 22.8 Å². The maximum atomic E-state index is 14.0. The molecule has 0 saturated heterocycles. The standard InChI is InChI=1S/C20H21F5N4O3S/c1-3-8-26-19-13(4-6-16(28-19)20(23,24)25)5-7-17(30)27-11-12-9-14(21)18(15(22)10-12)29-33(2,31)32/h4-7,9-10,29H,3,8,11H2,1-2H3,(H,26,28)(H,27,30)/b7-5+. The summed E-state index contributed by atoms with van der Waals surface area (Å²) in [5.74, 6) is -3.06. The van der Waals surface area contributed by atoms with Gasteiger partial charge < -0.3 is 10.6 Å². The number of halogens is 5. The Hall–Kier alpha value is -3.22. The molecule has 0 atom stereocenters. The van der Waals surface area contributed by atoms with Crippen LogP contribution in [-0.4, -0.2) is 32.1 Å². The molecule has 3 N–H and O–H groups in total. The van der Waals surface area contributed by atoms with Gasteiger partial charge in [-0.3, -0.25) is 9.52 Å². The molecular weight excluding hydrogens is 471 g/mol. The molecular formula is C20H21F5N4O3S. The highest BCUT2D eigenvalue weighted by Gasteiger charge is 2.32. The van der Waals surface area contributed by atoms with Crippen molar-refractivity contribution in [2.24, 2.45) is 0 Å². The quantitative estimate of drug-likeness (QED) is 0.364. The van der Waals surface area contributed by atoms with Gasteiger partial charge >= 0.3 is 6.18 Å². The number of alkyl halides is 3. The molecule has 0 bridgehead atoms. The van der Waals surface area contributed by atoms with Crippen LogP contribution in [0.15, 0.2) is 30.3 Å². The Bertz CT molecular complexity index is 1130. The van der Waals surface area contributed by atoms with Gasteiger partial charge in [0.05, 0.1) is 6.26 Å². The number of anilines is 2. The zero-order valence-corrected chi connectivity index (χ0v) is 18.4. The monoisotopic (exact) mass is 492 g/mol. The van der Waals surface area contributed by atoms with E-state index in [4.69, 9.17) is 0 Å². The van der Waals surface area contributed by atoms with Crippen molar-refractivity contribution in [1.29, 1.82) is 0 Å². The summed E-state index contributed by atoms with van der Waals surface area (Å²) in [7, 11) is -3.90. The van der Waals surface area contributed by atoms with Crippen molar-refractivity contribution >= 4 is 33.5 Å². The molecule has 1 heterocycles. The summed E-state index contributed by atoms with van der Waals surface area (Å²) in [6.45, 7) is 1.89. The van der Waals surface area contributed by atoms with Crippen LogP contribution < -0.4 is 15.4 Å². The van der Waals surface area contributed by atoms with Gasteiger partial charge in [-0.15, -0.1) is 0 Å². The molecule has 0 aliphatic rings. The fourth-order valence-corrected chi connectivity index (χ4v) is 3.14. The van der Waals surface area contributed by atoms with Gasteiger partial charge in [-0.1, -0.05) is 6.92 Å². The van der Waals surface area contributed by atoms with Crippen molar-refractivity contribution in [2.45, 2.75) is 26.1 Å². The summed E-state index contributed by atoms with van der Waals surface area (Å²) in [5.41, 5.74) is -1.66. The molecule has 0 fully saturated rings. The van der Waals surface area contributed by atoms with Gasteiger partial charge in [0, 0.05) is 24.7 Å². The number of hydrogen-bond donors (Lipinski definition) is 3. The highest BCUT2D eigenvalue weighted by atomic mass is 32.2. The Morgan fingerprint density at radius 2 is 1.79 bits per heavy atom. The molecule has 1 aromatic carbocycles. The van der Waals surface area contributed by atoms with E-state index in [1.165, 1.54) is 6.08 Å². The van der Waals surface area contributed by atoms with E-state index >= 15 is 0 Å². The topological polar surface area (TPSA) is 100 Å². The summed E-state index contributed by atoms with van der Waals surface area (Å²) in [6, 6.07) is 3.66. The van der Waals surface area contributed by atoms with Gasteiger partial charge in [0.25, 0.3) is 0 Å². The van der Waals surface area contributed by atoms with Crippen LogP contribution in [0.3, 0.4) is 0 Å². The maximum absolute atomic E-state index is 14.0. The zero-order valence-electron chi connectivity index (χ0n) is 17.6. The molecule has 1 amide bonds. The molecule has 1 aromatic heterocycles. The Labute approximate surface area is 187 Å². The number of carbonyl (C=O) groups excluding carboxylic acids is 1. The van der Waals surface area contributed by atoms with E-state index in [1.807, 2.05) is 6.92 Å². The molecule has 180 valence electrons. The van der Waals surface area contributed by atoms with E-state index in [-0.39, 0.29) is 23.5 Å². The number of hydrogen-bond acceptors (Lipinski definition) is 5. The van der Waals surface area contributed by atoms with Gasteiger partial charge in [0.15, 0.2) is 11.6 Å². The van der Waals surface area contributed by atoms with Crippen molar-refractivity contribution < 1.29 is 35.2 Å². The largest absolute Gasteiger partial charge is 0.433 e. The summed E-state index contributed by atoms with van der Waals surface area (Å²) in [5, 5.41) is 5.14. The third-order valence-corrected chi connectivity index (χ3v) is 4.60. The van der Waals surface area contributed by atoms with Gasteiger partial charge in [-0.25, -0.2) is 22.2 Å². The predicted octanol–water partition coefficient (Wildman–Crippen LogP) is 3.90. The first-order valence-corrected chi connectivity index (χ1v) is 11.4. The average Bonchev–Trinajstić information content (AvgIpc) is 2.70. The second-order valence-electron chi connectivity index (χ2n) is 6.92. The van der Waals surface area contributed by atoms with E-state index in [0.29, 0.717) is 13.0 Å². The summed E-state index contributed by atoms with van der Waals surface area (Å²) in [6.07, 6.45) is -0.970. The fourth-order valence-electron chi connectivity index (χ4n) is 2.57. The molecule has 33 heavy (non-hydrogen) atoms. The molecule has 13 heteroatoms. The van der Waals surface area contributed by atoms with Crippen LogP contribution in [0.25, 0.3) is 6.08 Å². The molecule has 0 aliphatic heterocycles. The first-order valence-electron chi connectivity index (χ1n) is 9.54. The number of pyridine rings is 1. The zero-order chi connectivity index (χ0) is 24.8. The van der Waals surface area contributed by atoms with Crippen LogP contribution in [0.4, 0.5) is 33.5 Å². The minimum Gasteiger partial charge on any atom is -0.370 e. The van der Waals surface area contributed by atoms with Crippen molar-refractivity contribution in [3.05, 3.63) is 58.8 Å². The van der Waals surface area contributed by atoms with E-state index in [1.54, 1.807) is 4.72 Å². The van der Waals surface area contributed by atoms with Gasteiger partial charge in [-0.2, -0.15) is 13.2 Å². The highest BCUT2D eigenvalue weighted by molar-refractivity contribution is 7.92. The lowest BCUT2D eigenvalue weighted by Crippen LogP contribution is -2.21. The number of benzene rings is 1. The molecule has 0 aliphatic carbocycles. The van der Waals surface area contributed by atoms with Crippen LogP contribution in [-0.2, 0) is 27.5 Å². The number of nitrogens with one attached hydrogen (secondary N) is 3. The summed E-state index contributed by atoms with van der Waals surface area (Å²) < 4.78 is 90.8. The molecule has 0 radical (unpaired) electrons. The Morgan fingerprint density at radius 1 is 1.15 bits per heavy atom. The number of sulfonamides is 1. The SMILES string of the molecule is CCCNc1nc(C(F)(F)F)ccc1/C=C/C(=O)NCc1cc(F)c(NS(C)(=O)=O)c(F)c1. The van der Waals surface area contributed by atoms with Gasteiger partial charge in [-0.05, 0) is 42.3 Å². The van der Waals surface area contributed by atoms with E-state index in [2.05, 4.69) is 15.6 Å². The number of aromatic nitrogens is 1. The Balaban J connectivity index is 2.11. The molecule has 2 rings (SSSR count). The maximum Gasteiger partial charge on any atom is 0.433 e. The normalized spacial score (nSPS) is 12.1. The second-order valence-corrected chi connectivity index (χ2v) is 8.67. The fraction of sp³-hybridized carbons (Fsp3) is 0.300. The van der Waals surface area contributed by atoms with Crippen LogP contribution >= 0.6 is 0 Å². The Kier molecular flexibility index (Phi) is 8.36. The van der Waals surface area contributed by atoms with E-state index in [9.17, 15) is 35.2 Å². The molecule has 2 aromatic rings. The predicted molar refractivity (Wildman–Crippen MR) is 114 cm³/mol. The summed E-state index contributed by atoms with van der Waals surface area (Å²) >= 11 is 0. The van der Waals surface area contributed by atoms with Crippen molar-refractivity contribution in [3.8, 4) is 0 Å². The van der Waals surface area contributed by atoms with Crippen LogP contribution in [0.5, 0.6) is 0 Å². The number of amides is 1. The average molecular weight is 492 g/mol. The number of nitrogens with zero attached hydrogens (tertiary/aromatic N) is 1. The van der Waals surface area contributed by atoms with Gasteiger partial charge in [0.2, 0.25) is 15.9 Å². The van der Waals surface area contributed by atoms with E-state index < -0.39 is 45.1 Å². The highest BCUT2D eigenvalue weighted by Crippen LogP contribution is 2.30. The number of rotatable bonds is 9. The molecule has 0 unspecified atom stereocenters. The summed E-state index contributed by atoms with van der Waals surface area (Å²) in [4.78, 5) is 15.6. The van der Waals surface area contributed by atoms with Crippen LogP contribution in [0, 0.1) is 11.6 Å². The molecule has 7 nitrogen and oxygen atoms in total. The lowest BCUT2D eigenvalue weighted by Gasteiger charge is -2.12. The van der Waals surface area contributed by atoms with Crippen molar-refractivity contribution in [3.63, 3.8) is 0 Å². The first kappa shape index (κ1) is 26.0. The first-order chi connectivity index (χ1) is 15.3.